The van der Waals surface area contributed by atoms with Crippen LogP contribution in [-0.4, -0.2) is 49.2 Å². The number of fused-ring (bicyclic) bond motifs is 5. The van der Waals surface area contributed by atoms with Crippen LogP contribution in [0.1, 0.15) is 34.1 Å². The Balaban J connectivity index is 1.57. The second-order valence-corrected chi connectivity index (χ2v) is 12.7. The van der Waals surface area contributed by atoms with Crippen molar-refractivity contribution in [3.63, 3.8) is 0 Å². The number of hydrogen-bond donors (Lipinski definition) is 0. The number of imide groups is 1. The summed E-state index contributed by atoms with van der Waals surface area (Å²) in [7, 11) is 0. The zero-order valence-corrected chi connectivity index (χ0v) is 24.1. The van der Waals surface area contributed by atoms with Gasteiger partial charge in [-0.15, -0.1) is 0 Å². The van der Waals surface area contributed by atoms with Gasteiger partial charge in [0.15, 0.2) is 5.78 Å². The minimum Gasteiger partial charge on any atom is -0.292 e. The Kier molecular flexibility index (Phi) is 7.05. The van der Waals surface area contributed by atoms with Crippen LogP contribution in [0, 0.1) is 23.7 Å². The molecular formula is C25H19Br2Cl3N2O4. The van der Waals surface area contributed by atoms with E-state index in [1.54, 1.807) is 12.1 Å². The second-order valence-electron chi connectivity index (χ2n) is 9.31. The third-order valence-electron chi connectivity index (χ3n) is 7.42. The van der Waals surface area contributed by atoms with Gasteiger partial charge in [0.1, 0.15) is 6.04 Å². The number of ketones is 1. The lowest BCUT2D eigenvalue weighted by Crippen LogP contribution is -2.57. The summed E-state index contributed by atoms with van der Waals surface area (Å²) in [5.74, 6) is -3.38. The number of nitrogens with zero attached hydrogens (tertiary/aromatic N) is 2. The van der Waals surface area contributed by atoms with Crippen LogP contribution in [-0.2, 0) is 9.59 Å². The Morgan fingerprint density at radius 2 is 1.44 bits per heavy atom. The highest BCUT2D eigenvalue weighted by Crippen LogP contribution is 2.60. The van der Waals surface area contributed by atoms with E-state index in [0.717, 1.165) is 16.4 Å². The second kappa shape index (κ2) is 9.70. The summed E-state index contributed by atoms with van der Waals surface area (Å²) >= 11 is 25.6. The van der Waals surface area contributed by atoms with Crippen molar-refractivity contribution in [3.8, 4) is 0 Å². The largest absolute Gasteiger partial charge is 0.292 e. The van der Waals surface area contributed by atoms with E-state index in [4.69, 9.17) is 34.8 Å². The van der Waals surface area contributed by atoms with Crippen LogP contribution in [0.15, 0.2) is 42.5 Å². The number of Topliss-reactive ketones (excluding diaryl/α,β-unsaturated/α-hetero) is 1. The first-order valence-electron chi connectivity index (χ1n) is 11.3. The van der Waals surface area contributed by atoms with E-state index in [1.807, 2.05) is 0 Å². The van der Waals surface area contributed by atoms with Crippen molar-refractivity contribution in [2.24, 2.45) is 23.7 Å². The molecule has 0 radical (unpaired) electrons. The van der Waals surface area contributed by atoms with Crippen molar-refractivity contribution in [2.45, 2.75) is 29.0 Å². The lowest BCUT2D eigenvalue weighted by molar-refractivity contribution is -0.157. The summed E-state index contributed by atoms with van der Waals surface area (Å²) < 4.78 is 0. The Morgan fingerprint density at radius 1 is 0.917 bits per heavy atom. The van der Waals surface area contributed by atoms with Crippen molar-refractivity contribution in [2.75, 3.05) is 0 Å². The highest BCUT2D eigenvalue weighted by Gasteiger charge is 2.68. The number of hydrazine groups is 1. The molecule has 1 aliphatic heterocycles. The number of alkyl halides is 2. The van der Waals surface area contributed by atoms with Gasteiger partial charge in [0.2, 0.25) is 0 Å². The molecule has 2 aromatic rings. The van der Waals surface area contributed by atoms with Gasteiger partial charge >= 0.3 is 0 Å². The molecule has 2 aliphatic carbocycles. The Labute approximate surface area is 239 Å². The molecule has 7 atom stereocenters. The van der Waals surface area contributed by atoms with Crippen molar-refractivity contribution in [1.29, 1.82) is 0 Å². The standard InChI is InChI=1S/C25H19Br2Cl3N2O4/c1-10(22(33)11-2-4-12(28)5-3-11)31(23(34)14-7-6-13(29)8-17(14)30)32-24(35)18-15-9-16(19(18)25(32)36)21(27)20(15)26/h2-8,10,15-16,18-21H,9H2,1H3/t10-,15-,16-,18-,19+,20-,21+/m1/s1. The predicted molar refractivity (Wildman–Crippen MR) is 144 cm³/mol. The molecule has 188 valence electrons. The molecule has 3 aliphatic rings. The van der Waals surface area contributed by atoms with Gasteiger partial charge in [0.05, 0.1) is 22.4 Å². The molecular weight excluding hydrogens is 658 g/mol. The third-order valence-corrected chi connectivity index (χ3v) is 11.4. The zero-order chi connectivity index (χ0) is 26.0. The van der Waals surface area contributed by atoms with Crippen molar-refractivity contribution >= 4 is 90.2 Å². The topological polar surface area (TPSA) is 74.8 Å². The molecule has 11 heteroatoms. The smallest absolute Gasteiger partial charge is 0.275 e. The minimum atomic E-state index is -1.19. The maximum atomic E-state index is 13.9. The Morgan fingerprint density at radius 3 is 1.97 bits per heavy atom. The highest BCUT2D eigenvalue weighted by molar-refractivity contribution is 9.12. The first-order chi connectivity index (χ1) is 17.0. The van der Waals surface area contributed by atoms with Crippen LogP contribution in [0.25, 0.3) is 0 Å². The van der Waals surface area contributed by atoms with Gasteiger partial charge in [0.25, 0.3) is 17.7 Å². The van der Waals surface area contributed by atoms with Crippen LogP contribution in [0.4, 0.5) is 0 Å². The molecule has 2 saturated carbocycles. The monoisotopic (exact) mass is 674 g/mol. The summed E-state index contributed by atoms with van der Waals surface area (Å²) in [4.78, 5) is 54.9. The van der Waals surface area contributed by atoms with Crippen LogP contribution in [0.2, 0.25) is 15.1 Å². The number of carbonyl (C=O) groups is 4. The van der Waals surface area contributed by atoms with Gasteiger partial charge in [-0.05, 0) is 67.6 Å². The van der Waals surface area contributed by atoms with Gasteiger partial charge < -0.3 is 0 Å². The van der Waals surface area contributed by atoms with Crippen LogP contribution in [0.5, 0.6) is 0 Å². The summed E-state index contributed by atoms with van der Waals surface area (Å²) in [6, 6.07) is 9.30. The number of carbonyl (C=O) groups excluding carboxylic acids is 4. The van der Waals surface area contributed by atoms with E-state index >= 15 is 0 Å². The molecule has 5 rings (SSSR count). The van der Waals surface area contributed by atoms with Gasteiger partial charge in [-0.25, -0.2) is 5.01 Å². The highest BCUT2D eigenvalue weighted by atomic mass is 79.9. The van der Waals surface area contributed by atoms with Crippen molar-refractivity contribution in [1.82, 2.24) is 10.0 Å². The van der Waals surface area contributed by atoms with Crippen molar-refractivity contribution in [3.05, 3.63) is 68.7 Å². The molecule has 0 unspecified atom stereocenters. The van der Waals surface area contributed by atoms with Crippen molar-refractivity contribution < 1.29 is 19.2 Å². The molecule has 0 spiro atoms. The summed E-state index contributed by atoms with van der Waals surface area (Å²) in [6.45, 7) is 1.49. The fourth-order valence-corrected chi connectivity index (χ4v) is 8.23. The van der Waals surface area contributed by atoms with E-state index in [9.17, 15) is 19.2 Å². The first kappa shape index (κ1) is 26.2. The fourth-order valence-electron chi connectivity index (χ4n) is 5.74. The van der Waals surface area contributed by atoms with Gasteiger partial charge in [-0.1, -0.05) is 66.7 Å². The maximum absolute atomic E-state index is 13.9. The van der Waals surface area contributed by atoms with Gasteiger partial charge in [-0.2, -0.15) is 5.01 Å². The lowest BCUT2D eigenvalue weighted by atomic mass is 9.81. The minimum absolute atomic E-state index is 0.0224. The number of rotatable bonds is 5. The van der Waals surface area contributed by atoms with E-state index in [0.29, 0.717) is 10.0 Å². The summed E-state index contributed by atoms with van der Waals surface area (Å²) in [6.07, 6.45) is 0.739. The SMILES string of the molecule is C[C@H](C(=O)c1ccc(Cl)cc1)N(C(=O)c1ccc(Cl)cc1Cl)N1C(=O)[C@@H]2[C@H]3C[C@@H]([C@H](Br)[C@@H]3Br)[C@@H]2C1=O. The number of amides is 3. The molecule has 3 fully saturated rings. The molecule has 1 heterocycles. The normalized spacial score (nSPS) is 29.4. The van der Waals surface area contributed by atoms with E-state index < -0.39 is 41.4 Å². The zero-order valence-electron chi connectivity index (χ0n) is 18.7. The molecule has 36 heavy (non-hydrogen) atoms. The lowest BCUT2D eigenvalue weighted by Gasteiger charge is -2.35. The van der Waals surface area contributed by atoms with Crippen LogP contribution >= 0.6 is 66.7 Å². The summed E-state index contributed by atoms with van der Waals surface area (Å²) in [5, 5.41) is 2.65. The average molecular weight is 678 g/mol. The van der Waals surface area contributed by atoms with Gasteiger partial charge in [-0.3, -0.25) is 19.2 Å². The Bertz CT molecular complexity index is 1260. The first-order valence-corrected chi connectivity index (χ1v) is 14.2. The molecule has 0 N–H and O–H groups in total. The van der Waals surface area contributed by atoms with Gasteiger partial charge in [0, 0.05) is 25.3 Å². The molecule has 0 aromatic heterocycles. The van der Waals surface area contributed by atoms with Crippen LogP contribution < -0.4 is 0 Å². The number of benzene rings is 2. The number of halogens is 5. The fraction of sp³-hybridized carbons (Fsp3) is 0.360. The molecule has 6 nitrogen and oxygen atoms in total. The summed E-state index contributed by atoms with van der Waals surface area (Å²) in [5.41, 5.74) is 0.307. The third kappa shape index (κ3) is 4.04. The molecule has 3 amide bonds. The molecule has 2 bridgehead atoms. The average Bonchev–Trinajstić information content (AvgIpc) is 3.45. The maximum Gasteiger partial charge on any atom is 0.275 e. The molecule has 2 aromatic carbocycles. The molecule has 1 saturated heterocycles. The predicted octanol–water partition coefficient (Wildman–Crippen LogP) is 6.05. The Hall–Kier alpha value is -1.45. The van der Waals surface area contributed by atoms with E-state index in [-0.39, 0.29) is 37.6 Å². The van der Waals surface area contributed by atoms with E-state index in [1.165, 1.54) is 37.3 Å². The number of hydrogen-bond acceptors (Lipinski definition) is 4. The quantitative estimate of drug-likeness (QED) is 0.220. The van der Waals surface area contributed by atoms with Crippen LogP contribution in [0.3, 0.4) is 0 Å². The van der Waals surface area contributed by atoms with E-state index in [2.05, 4.69) is 31.9 Å².